The maximum Gasteiger partial charge on any atom is 0.216 e. The Kier molecular flexibility index (Phi) is 7.10. The van der Waals surface area contributed by atoms with Crippen LogP contribution in [0.5, 0.6) is 0 Å². The van der Waals surface area contributed by atoms with Crippen molar-refractivity contribution in [2.45, 2.75) is 31.6 Å². The van der Waals surface area contributed by atoms with Crippen LogP contribution >= 0.6 is 19.0 Å². The molecule has 0 heterocycles. The van der Waals surface area contributed by atoms with Crippen LogP contribution < -0.4 is 0 Å². The van der Waals surface area contributed by atoms with E-state index >= 15 is 0 Å². The van der Waals surface area contributed by atoms with Crippen LogP contribution in [0.4, 0.5) is 0 Å². The van der Waals surface area contributed by atoms with E-state index in [-0.39, 0.29) is 5.38 Å². The van der Waals surface area contributed by atoms with Gasteiger partial charge in [-0.05, 0) is 34.6 Å². The molecule has 0 saturated heterocycles. The quantitative estimate of drug-likeness (QED) is 0.515. The van der Waals surface area contributed by atoms with Crippen molar-refractivity contribution in [3.63, 3.8) is 0 Å². The molecule has 0 unspecified atom stereocenters. The number of nitrogens with zero attached hydrogens (tertiary/aromatic N) is 2. The van der Waals surface area contributed by atoms with Gasteiger partial charge in [0.25, 0.3) is 0 Å². The number of unbranched alkanes of at least 4 members (excludes halogenated alkanes) is 1. The van der Waals surface area contributed by atoms with Gasteiger partial charge < -0.3 is 0 Å². The molecule has 0 fully saturated rings. The van der Waals surface area contributed by atoms with Gasteiger partial charge >= 0.3 is 0 Å². The zero-order chi connectivity index (χ0) is 12.1. The van der Waals surface area contributed by atoms with Gasteiger partial charge in [0, 0.05) is 11.5 Å². The molecule has 0 aromatic carbocycles. The van der Waals surface area contributed by atoms with Crippen molar-refractivity contribution in [1.82, 2.24) is 9.34 Å². The third kappa shape index (κ3) is 4.86. The smallest absolute Gasteiger partial charge is 0.216 e. The number of hydrogen-bond acceptors (Lipinski definition) is 1. The molecular formula is C10H24ClN2OP. The predicted molar refractivity (Wildman–Crippen MR) is 69.0 cm³/mol. The minimum atomic E-state index is -2.42. The average molecular weight is 255 g/mol. The van der Waals surface area contributed by atoms with E-state index in [0.717, 1.165) is 19.3 Å². The van der Waals surface area contributed by atoms with Gasteiger partial charge in [0.2, 0.25) is 7.44 Å². The highest BCUT2D eigenvalue weighted by molar-refractivity contribution is 7.59. The largest absolute Gasteiger partial charge is 0.289 e. The summed E-state index contributed by atoms with van der Waals surface area (Å²) in [5, 5.41) is 0.0144. The highest BCUT2D eigenvalue weighted by atomic mass is 35.5. The van der Waals surface area contributed by atoms with Crippen molar-refractivity contribution < 1.29 is 4.57 Å². The molecule has 0 rings (SSSR count). The van der Waals surface area contributed by atoms with Crippen LogP contribution in [-0.4, -0.2) is 49.1 Å². The van der Waals surface area contributed by atoms with E-state index in [1.807, 2.05) is 28.2 Å². The Hall–Kier alpha value is 0.440. The summed E-state index contributed by atoms with van der Waals surface area (Å²) in [7, 11) is 4.98. The second-order valence-corrected chi connectivity index (χ2v) is 8.19. The van der Waals surface area contributed by atoms with Crippen LogP contribution in [0.3, 0.4) is 0 Å². The summed E-state index contributed by atoms with van der Waals surface area (Å²) in [5.41, 5.74) is 0. The fourth-order valence-electron chi connectivity index (χ4n) is 1.46. The average Bonchev–Trinajstić information content (AvgIpc) is 2.13. The van der Waals surface area contributed by atoms with Crippen LogP contribution in [0, 0.1) is 0 Å². The molecule has 1 atom stereocenters. The molecule has 3 nitrogen and oxygen atoms in total. The molecule has 0 spiro atoms. The third-order valence-corrected chi connectivity index (χ3v) is 6.56. The summed E-state index contributed by atoms with van der Waals surface area (Å²) < 4.78 is 16.2. The third-order valence-electron chi connectivity index (χ3n) is 2.56. The van der Waals surface area contributed by atoms with Crippen molar-refractivity contribution in [1.29, 1.82) is 0 Å². The summed E-state index contributed by atoms with van der Waals surface area (Å²) in [6, 6.07) is 0. The van der Waals surface area contributed by atoms with E-state index in [1.54, 1.807) is 9.34 Å². The Morgan fingerprint density at radius 2 is 1.67 bits per heavy atom. The number of alkyl halides is 1. The standard InChI is InChI=1S/C10H24ClN2OP/c1-6-7-8-10(11)9-15(14,12(2)3)13(4)5/h10H,6-9H2,1-5H3/t10-/m0/s1. The van der Waals surface area contributed by atoms with E-state index in [0.29, 0.717) is 6.16 Å². The molecule has 0 aromatic heterocycles. The van der Waals surface area contributed by atoms with Crippen LogP contribution in [0.25, 0.3) is 0 Å². The van der Waals surface area contributed by atoms with Gasteiger partial charge in [-0.25, -0.2) is 9.34 Å². The van der Waals surface area contributed by atoms with E-state index in [9.17, 15) is 4.57 Å². The van der Waals surface area contributed by atoms with Crippen molar-refractivity contribution in [3.05, 3.63) is 0 Å². The molecular weight excluding hydrogens is 231 g/mol. The van der Waals surface area contributed by atoms with Crippen molar-refractivity contribution in [2.75, 3.05) is 34.4 Å². The van der Waals surface area contributed by atoms with Gasteiger partial charge in [0.05, 0.1) is 0 Å². The molecule has 0 bridgehead atoms. The molecule has 0 saturated carbocycles. The van der Waals surface area contributed by atoms with Crippen molar-refractivity contribution in [2.24, 2.45) is 0 Å². The van der Waals surface area contributed by atoms with Crippen LogP contribution in [0.1, 0.15) is 26.2 Å². The minimum Gasteiger partial charge on any atom is -0.289 e. The molecule has 0 N–H and O–H groups in total. The lowest BCUT2D eigenvalue weighted by Crippen LogP contribution is -2.26. The van der Waals surface area contributed by atoms with E-state index in [2.05, 4.69) is 6.92 Å². The second-order valence-electron chi connectivity index (χ2n) is 4.28. The lowest BCUT2D eigenvalue weighted by Gasteiger charge is -2.32. The topological polar surface area (TPSA) is 23.6 Å². The fourth-order valence-corrected chi connectivity index (χ4v) is 4.22. The number of halogens is 1. The molecule has 5 heteroatoms. The monoisotopic (exact) mass is 254 g/mol. The lowest BCUT2D eigenvalue weighted by molar-refractivity contribution is 0.445. The Balaban J connectivity index is 4.36. The predicted octanol–water partition coefficient (Wildman–Crippen LogP) is 3.10. The first-order chi connectivity index (χ1) is 6.84. The maximum atomic E-state index is 12.6. The summed E-state index contributed by atoms with van der Waals surface area (Å²) in [5.74, 6) is 0. The summed E-state index contributed by atoms with van der Waals surface area (Å²) in [6.45, 7) is 2.14. The first kappa shape index (κ1) is 15.4. The summed E-state index contributed by atoms with van der Waals surface area (Å²) in [6.07, 6.45) is 3.75. The normalized spacial score (nSPS) is 14.9. The molecule has 92 valence electrons. The molecule has 15 heavy (non-hydrogen) atoms. The van der Waals surface area contributed by atoms with Gasteiger partial charge in [0.15, 0.2) is 0 Å². The Labute approximate surface area is 99.2 Å². The lowest BCUT2D eigenvalue weighted by atomic mass is 10.2. The number of rotatable bonds is 7. The zero-order valence-corrected chi connectivity index (χ0v) is 12.2. The molecule has 0 aromatic rings. The molecule has 0 radical (unpaired) electrons. The summed E-state index contributed by atoms with van der Waals surface area (Å²) in [4.78, 5) is 0. The van der Waals surface area contributed by atoms with Crippen LogP contribution in [0.2, 0.25) is 0 Å². The molecule has 0 aliphatic carbocycles. The van der Waals surface area contributed by atoms with E-state index in [4.69, 9.17) is 11.6 Å². The first-order valence-electron chi connectivity index (χ1n) is 5.43. The van der Waals surface area contributed by atoms with Gasteiger partial charge in [-0.2, -0.15) is 0 Å². The highest BCUT2D eigenvalue weighted by Crippen LogP contribution is 2.50. The van der Waals surface area contributed by atoms with Crippen molar-refractivity contribution in [3.8, 4) is 0 Å². The van der Waals surface area contributed by atoms with Crippen molar-refractivity contribution >= 4 is 19.0 Å². The number of hydrogen-bond donors (Lipinski definition) is 0. The Bertz CT molecular complexity index is 209. The van der Waals surface area contributed by atoms with Crippen LogP contribution in [-0.2, 0) is 4.57 Å². The maximum absolute atomic E-state index is 12.6. The molecule has 0 aliphatic rings. The Morgan fingerprint density at radius 1 is 1.20 bits per heavy atom. The van der Waals surface area contributed by atoms with Gasteiger partial charge in [-0.1, -0.05) is 19.8 Å². The Morgan fingerprint density at radius 3 is 2.00 bits per heavy atom. The van der Waals surface area contributed by atoms with Gasteiger partial charge in [-0.15, -0.1) is 11.6 Å². The van der Waals surface area contributed by atoms with Gasteiger partial charge in [-0.3, -0.25) is 4.57 Å². The summed E-state index contributed by atoms with van der Waals surface area (Å²) >= 11 is 6.21. The minimum absolute atomic E-state index is 0.0144. The first-order valence-corrected chi connectivity index (χ1v) is 7.66. The SMILES string of the molecule is CCCC[C@H](Cl)CP(=O)(N(C)C)N(C)C. The van der Waals surface area contributed by atoms with Gasteiger partial charge in [0.1, 0.15) is 0 Å². The highest BCUT2D eigenvalue weighted by Gasteiger charge is 2.30. The zero-order valence-electron chi connectivity index (χ0n) is 10.5. The van der Waals surface area contributed by atoms with Crippen LogP contribution in [0.15, 0.2) is 0 Å². The molecule has 0 aliphatic heterocycles. The second kappa shape index (κ2) is 6.90. The fraction of sp³-hybridized carbons (Fsp3) is 1.00. The van der Waals surface area contributed by atoms with E-state index in [1.165, 1.54) is 0 Å². The van der Waals surface area contributed by atoms with E-state index < -0.39 is 7.44 Å². The molecule has 0 amide bonds.